The Labute approximate surface area is 142 Å². The van der Waals surface area contributed by atoms with Crippen LogP contribution in [0.5, 0.6) is 0 Å². The van der Waals surface area contributed by atoms with Gasteiger partial charge in [0.05, 0.1) is 12.7 Å². The van der Waals surface area contributed by atoms with Crippen molar-refractivity contribution in [1.82, 2.24) is 14.7 Å². The Morgan fingerprint density at radius 1 is 1.22 bits per heavy atom. The molecule has 1 fully saturated rings. The first-order chi connectivity index (χ1) is 10.6. The van der Waals surface area contributed by atoms with Crippen molar-refractivity contribution in [2.75, 3.05) is 13.1 Å². The van der Waals surface area contributed by atoms with Gasteiger partial charge in [-0.3, -0.25) is 9.58 Å². The number of likely N-dealkylation sites (tertiary alicyclic amines) is 1. The molecule has 4 nitrogen and oxygen atoms in total. The molecule has 1 saturated heterocycles. The van der Waals surface area contributed by atoms with Crippen LogP contribution in [0.1, 0.15) is 24.5 Å². The number of halogens is 2. The highest BCUT2D eigenvalue weighted by Crippen LogP contribution is 2.23. The molecule has 1 aliphatic heterocycles. The Morgan fingerprint density at radius 2 is 1.96 bits per heavy atom. The van der Waals surface area contributed by atoms with Crippen LogP contribution >= 0.6 is 12.4 Å². The summed E-state index contributed by atoms with van der Waals surface area (Å²) in [5.74, 6) is 0.409. The molecule has 2 aromatic rings. The lowest BCUT2D eigenvalue weighted by molar-refractivity contribution is 0.256. The molecule has 1 aromatic heterocycles. The highest BCUT2D eigenvalue weighted by atomic mass is 35.5. The molecular formula is C17H24ClFN4. The predicted molar refractivity (Wildman–Crippen MR) is 92.0 cm³/mol. The molecule has 3 rings (SSSR count). The van der Waals surface area contributed by atoms with Crippen molar-refractivity contribution in [1.29, 1.82) is 0 Å². The van der Waals surface area contributed by atoms with Crippen LogP contribution in [0.3, 0.4) is 0 Å². The second-order valence-electron chi connectivity index (χ2n) is 6.29. The van der Waals surface area contributed by atoms with Crippen molar-refractivity contribution < 1.29 is 4.39 Å². The topological polar surface area (TPSA) is 47.1 Å². The number of aromatic nitrogens is 2. The first-order valence-corrected chi connectivity index (χ1v) is 7.84. The fourth-order valence-electron chi connectivity index (χ4n) is 3.19. The van der Waals surface area contributed by atoms with E-state index in [2.05, 4.69) is 23.1 Å². The van der Waals surface area contributed by atoms with Crippen LogP contribution in [0.2, 0.25) is 0 Å². The maximum atomic E-state index is 12.9. The summed E-state index contributed by atoms with van der Waals surface area (Å²) in [6.07, 6.45) is 5.18. The van der Waals surface area contributed by atoms with Crippen LogP contribution in [0.25, 0.3) is 0 Å². The Morgan fingerprint density at radius 3 is 2.61 bits per heavy atom. The summed E-state index contributed by atoms with van der Waals surface area (Å²) in [4.78, 5) is 2.47. The van der Waals surface area contributed by atoms with Crippen molar-refractivity contribution in [3.05, 3.63) is 53.6 Å². The molecule has 1 aromatic carbocycles. The monoisotopic (exact) mass is 338 g/mol. The maximum Gasteiger partial charge on any atom is 0.123 e. The molecule has 126 valence electrons. The lowest BCUT2D eigenvalue weighted by Gasteiger charge is -2.19. The second kappa shape index (κ2) is 7.90. The third-order valence-electron chi connectivity index (χ3n) is 4.45. The summed E-state index contributed by atoms with van der Waals surface area (Å²) < 4.78 is 14.8. The SMILES string of the molecule is CC1CC(CN)CN1Cc1cnn(Cc2ccc(F)cc2)c1.Cl. The minimum Gasteiger partial charge on any atom is -0.330 e. The smallest absolute Gasteiger partial charge is 0.123 e. The summed E-state index contributed by atoms with van der Waals surface area (Å²) in [5, 5.41) is 4.41. The van der Waals surface area contributed by atoms with E-state index >= 15 is 0 Å². The molecule has 2 atom stereocenters. The van der Waals surface area contributed by atoms with Gasteiger partial charge in [-0.25, -0.2) is 4.39 Å². The van der Waals surface area contributed by atoms with E-state index in [1.807, 2.05) is 10.9 Å². The van der Waals surface area contributed by atoms with Crippen molar-refractivity contribution in [3.8, 4) is 0 Å². The highest BCUT2D eigenvalue weighted by molar-refractivity contribution is 5.85. The van der Waals surface area contributed by atoms with Crippen LogP contribution in [0, 0.1) is 11.7 Å². The van der Waals surface area contributed by atoms with E-state index in [0.29, 0.717) is 18.5 Å². The second-order valence-corrected chi connectivity index (χ2v) is 6.29. The Kier molecular flexibility index (Phi) is 6.16. The van der Waals surface area contributed by atoms with Gasteiger partial charge in [-0.1, -0.05) is 12.1 Å². The first kappa shape index (κ1) is 17.9. The van der Waals surface area contributed by atoms with Gasteiger partial charge in [0.15, 0.2) is 0 Å². The van der Waals surface area contributed by atoms with E-state index in [9.17, 15) is 4.39 Å². The quantitative estimate of drug-likeness (QED) is 0.911. The first-order valence-electron chi connectivity index (χ1n) is 7.84. The molecule has 2 unspecified atom stereocenters. The van der Waals surface area contributed by atoms with Crippen LogP contribution < -0.4 is 5.73 Å². The zero-order valence-corrected chi connectivity index (χ0v) is 14.2. The largest absolute Gasteiger partial charge is 0.330 e. The minimum absolute atomic E-state index is 0. The van der Waals surface area contributed by atoms with Gasteiger partial charge in [0.1, 0.15) is 5.82 Å². The molecule has 2 N–H and O–H groups in total. The van der Waals surface area contributed by atoms with Crippen LogP contribution in [-0.4, -0.2) is 33.8 Å². The average molecular weight is 339 g/mol. The fraction of sp³-hybridized carbons (Fsp3) is 0.471. The summed E-state index contributed by atoms with van der Waals surface area (Å²) in [6.45, 7) is 5.69. The lowest BCUT2D eigenvalue weighted by Crippen LogP contribution is -2.27. The van der Waals surface area contributed by atoms with Crippen molar-refractivity contribution in [2.45, 2.75) is 32.5 Å². The average Bonchev–Trinajstić information content (AvgIpc) is 3.09. The third-order valence-corrected chi connectivity index (χ3v) is 4.45. The Bertz CT molecular complexity index is 613. The van der Waals surface area contributed by atoms with E-state index in [4.69, 9.17) is 5.73 Å². The normalized spacial score (nSPS) is 21.3. The van der Waals surface area contributed by atoms with Gasteiger partial charge in [0.2, 0.25) is 0 Å². The highest BCUT2D eigenvalue weighted by Gasteiger charge is 2.28. The molecule has 1 aliphatic rings. The molecule has 6 heteroatoms. The molecule has 0 aliphatic carbocycles. The molecule has 0 saturated carbocycles. The Balaban J connectivity index is 0.00000192. The van der Waals surface area contributed by atoms with Gasteiger partial charge in [0, 0.05) is 30.9 Å². The fourth-order valence-corrected chi connectivity index (χ4v) is 3.19. The van der Waals surface area contributed by atoms with E-state index in [-0.39, 0.29) is 18.2 Å². The zero-order chi connectivity index (χ0) is 15.5. The van der Waals surface area contributed by atoms with Crippen LogP contribution in [-0.2, 0) is 13.1 Å². The van der Waals surface area contributed by atoms with E-state index in [0.717, 1.165) is 25.2 Å². The molecule has 0 bridgehead atoms. The van der Waals surface area contributed by atoms with Crippen LogP contribution in [0.4, 0.5) is 4.39 Å². The van der Waals surface area contributed by atoms with Gasteiger partial charge < -0.3 is 5.73 Å². The number of benzene rings is 1. The number of nitrogens with zero attached hydrogens (tertiary/aromatic N) is 3. The summed E-state index contributed by atoms with van der Waals surface area (Å²) in [6, 6.07) is 7.14. The molecule has 23 heavy (non-hydrogen) atoms. The number of rotatable bonds is 5. The van der Waals surface area contributed by atoms with E-state index in [1.54, 1.807) is 12.1 Å². The number of hydrogen-bond donors (Lipinski definition) is 1. The van der Waals surface area contributed by atoms with Crippen molar-refractivity contribution in [3.63, 3.8) is 0 Å². The molecular weight excluding hydrogens is 315 g/mol. The Hall–Kier alpha value is -1.43. The number of hydrogen-bond acceptors (Lipinski definition) is 3. The predicted octanol–water partition coefficient (Wildman–Crippen LogP) is 2.66. The van der Waals surface area contributed by atoms with E-state index < -0.39 is 0 Å². The molecule has 0 radical (unpaired) electrons. The van der Waals surface area contributed by atoms with Gasteiger partial charge in [-0.2, -0.15) is 5.10 Å². The van der Waals surface area contributed by atoms with Gasteiger partial charge in [-0.05, 0) is 43.5 Å². The van der Waals surface area contributed by atoms with Crippen LogP contribution in [0.15, 0.2) is 36.7 Å². The third kappa shape index (κ3) is 4.53. The summed E-state index contributed by atoms with van der Waals surface area (Å²) in [7, 11) is 0. The molecule has 0 spiro atoms. The van der Waals surface area contributed by atoms with Crippen molar-refractivity contribution >= 4 is 12.4 Å². The maximum absolute atomic E-state index is 12.9. The van der Waals surface area contributed by atoms with E-state index in [1.165, 1.54) is 24.1 Å². The van der Waals surface area contributed by atoms with Crippen molar-refractivity contribution in [2.24, 2.45) is 11.7 Å². The standard InChI is InChI=1S/C17H23FN4.ClH/c1-13-6-15(7-19)9-21(13)10-16-8-20-22(12-16)11-14-2-4-17(18)5-3-14;/h2-5,8,12-13,15H,6-7,9-11,19H2,1H3;1H. The zero-order valence-electron chi connectivity index (χ0n) is 13.4. The molecule has 2 heterocycles. The summed E-state index contributed by atoms with van der Waals surface area (Å²) in [5.41, 5.74) is 8.05. The molecule has 0 amide bonds. The van der Waals surface area contributed by atoms with Gasteiger partial charge in [0.25, 0.3) is 0 Å². The number of nitrogens with two attached hydrogens (primary N) is 1. The minimum atomic E-state index is -0.206. The van der Waals surface area contributed by atoms with Gasteiger partial charge in [-0.15, -0.1) is 12.4 Å². The van der Waals surface area contributed by atoms with Gasteiger partial charge >= 0.3 is 0 Å². The summed E-state index contributed by atoms with van der Waals surface area (Å²) >= 11 is 0. The lowest BCUT2D eigenvalue weighted by atomic mass is 10.1.